The summed E-state index contributed by atoms with van der Waals surface area (Å²) in [6.45, 7) is 9.81. The van der Waals surface area contributed by atoms with E-state index in [0.29, 0.717) is 0 Å². The highest BCUT2D eigenvalue weighted by molar-refractivity contribution is 5.26. The fourth-order valence-electron chi connectivity index (χ4n) is 3.18. The molecule has 1 heterocycles. The highest BCUT2D eigenvalue weighted by atomic mass is 15.2. The van der Waals surface area contributed by atoms with Gasteiger partial charge in [0.2, 0.25) is 0 Å². The van der Waals surface area contributed by atoms with Gasteiger partial charge in [0, 0.05) is 45.8 Å². The van der Waals surface area contributed by atoms with Crippen molar-refractivity contribution in [1.29, 1.82) is 0 Å². The summed E-state index contributed by atoms with van der Waals surface area (Å²) in [6.07, 6.45) is 0. The number of likely N-dealkylation sites (N-methyl/N-ethyl adjacent to an activating group) is 1. The first-order chi connectivity index (χ1) is 11.7. The molecule has 3 heteroatoms. The molecule has 0 atom stereocenters. The van der Waals surface area contributed by atoms with Gasteiger partial charge < -0.3 is 10.2 Å². The first kappa shape index (κ1) is 17.2. The molecule has 0 unspecified atom stereocenters. The van der Waals surface area contributed by atoms with Crippen molar-refractivity contribution in [3.8, 4) is 0 Å². The van der Waals surface area contributed by atoms with Gasteiger partial charge in [0.15, 0.2) is 0 Å². The first-order valence-corrected chi connectivity index (χ1v) is 8.94. The maximum absolute atomic E-state index is 3.55. The van der Waals surface area contributed by atoms with Crippen LogP contribution in [-0.4, -0.2) is 43.0 Å². The fourth-order valence-corrected chi connectivity index (χ4v) is 3.18. The van der Waals surface area contributed by atoms with Crippen LogP contribution in [0.1, 0.15) is 22.3 Å². The number of hydrogen-bond donors (Lipinski definition) is 1. The average molecular weight is 323 g/mol. The Bertz CT molecular complexity index is 628. The molecule has 1 N–H and O–H groups in total. The van der Waals surface area contributed by atoms with Crippen LogP contribution in [-0.2, 0) is 19.6 Å². The van der Waals surface area contributed by atoms with E-state index in [-0.39, 0.29) is 0 Å². The third-order valence-corrected chi connectivity index (χ3v) is 4.93. The van der Waals surface area contributed by atoms with E-state index in [4.69, 9.17) is 0 Å². The summed E-state index contributed by atoms with van der Waals surface area (Å²) in [5.41, 5.74) is 5.50. The average Bonchev–Trinajstić information content (AvgIpc) is 2.60. The Kier molecular flexibility index (Phi) is 6.02. The zero-order valence-electron chi connectivity index (χ0n) is 15.0. The van der Waals surface area contributed by atoms with E-state index in [1.54, 1.807) is 0 Å². The molecule has 0 aliphatic carbocycles. The molecule has 1 saturated heterocycles. The molecule has 1 aliphatic heterocycles. The minimum atomic E-state index is 0.920. The molecule has 1 aliphatic rings. The van der Waals surface area contributed by atoms with Crippen molar-refractivity contribution in [3.05, 3.63) is 70.8 Å². The van der Waals surface area contributed by atoms with Gasteiger partial charge in [0.25, 0.3) is 0 Å². The zero-order valence-corrected chi connectivity index (χ0v) is 15.0. The Morgan fingerprint density at radius 2 is 1.50 bits per heavy atom. The molecule has 0 saturated carbocycles. The molecule has 0 radical (unpaired) electrons. The molecule has 0 bridgehead atoms. The molecule has 2 aromatic rings. The van der Waals surface area contributed by atoms with E-state index in [1.165, 1.54) is 48.4 Å². The van der Waals surface area contributed by atoms with Crippen molar-refractivity contribution in [1.82, 2.24) is 15.1 Å². The summed E-state index contributed by atoms with van der Waals surface area (Å²) in [6, 6.07) is 17.7. The van der Waals surface area contributed by atoms with Crippen LogP contribution in [0.25, 0.3) is 0 Å². The maximum atomic E-state index is 3.55. The van der Waals surface area contributed by atoms with Crippen molar-refractivity contribution in [3.63, 3.8) is 0 Å². The van der Waals surface area contributed by atoms with Crippen molar-refractivity contribution in [2.75, 3.05) is 33.2 Å². The monoisotopic (exact) mass is 323 g/mol. The first-order valence-electron chi connectivity index (χ1n) is 8.94. The summed E-state index contributed by atoms with van der Waals surface area (Å²) in [7, 11) is 2.20. The molecule has 3 nitrogen and oxygen atoms in total. The van der Waals surface area contributed by atoms with Gasteiger partial charge in [0.1, 0.15) is 0 Å². The molecule has 0 spiro atoms. The summed E-state index contributed by atoms with van der Waals surface area (Å²) < 4.78 is 0. The van der Waals surface area contributed by atoms with Crippen molar-refractivity contribution in [2.24, 2.45) is 0 Å². The van der Waals surface area contributed by atoms with Crippen molar-refractivity contribution < 1.29 is 0 Å². The Morgan fingerprint density at radius 1 is 0.833 bits per heavy atom. The van der Waals surface area contributed by atoms with Crippen LogP contribution in [0.4, 0.5) is 0 Å². The van der Waals surface area contributed by atoms with E-state index in [2.05, 4.69) is 77.6 Å². The predicted molar refractivity (Wildman–Crippen MR) is 101 cm³/mol. The second kappa shape index (κ2) is 8.43. The van der Waals surface area contributed by atoms with E-state index in [9.17, 15) is 0 Å². The normalized spacial score (nSPS) is 16.4. The Hall–Kier alpha value is -1.68. The standard InChI is InChI=1S/C21H29N3/c1-18-5-3-4-6-21(18)16-22-15-19-7-9-20(10-8-19)17-24-13-11-23(2)12-14-24/h3-10,22H,11-17H2,1-2H3. The lowest BCUT2D eigenvalue weighted by Gasteiger charge is -2.32. The van der Waals surface area contributed by atoms with Gasteiger partial charge in [-0.1, -0.05) is 48.5 Å². The Balaban J connectivity index is 1.45. The lowest BCUT2D eigenvalue weighted by atomic mass is 10.1. The Labute approximate surface area is 146 Å². The SMILES string of the molecule is Cc1ccccc1CNCc1ccc(CN2CCN(C)CC2)cc1. The van der Waals surface area contributed by atoms with Gasteiger partial charge in [-0.05, 0) is 36.2 Å². The van der Waals surface area contributed by atoms with Crippen LogP contribution < -0.4 is 5.32 Å². The number of benzene rings is 2. The summed E-state index contributed by atoms with van der Waals surface area (Å²) in [5, 5.41) is 3.55. The molecule has 0 amide bonds. The van der Waals surface area contributed by atoms with Crippen LogP contribution >= 0.6 is 0 Å². The number of piperazine rings is 1. The molecule has 2 aromatic carbocycles. The predicted octanol–water partition coefficient (Wildman–Crippen LogP) is 3.03. The molecular weight excluding hydrogens is 294 g/mol. The smallest absolute Gasteiger partial charge is 0.0234 e. The number of hydrogen-bond acceptors (Lipinski definition) is 3. The van der Waals surface area contributed by atoms with Gasteiger partial charge in [-0.15, -0.1) is 0 Å². The van der Waals surface area contributed by atoms with Crippen LogP contribution in [0.3, 0.4) is 0 Å². The van der Waals surface area contributed by atoms with Gasteiger partial charge >= 0.3 is 0 Å². The molecule has 1 fully saturated rings. The number of nitrogens with one attached hydrogen (secondary N) is 1. The number of nitrogens with zero attached hydrogens (tertiary/aromatic N) is 2. The number of rotatable bonds is 6. The van der Waals surface area contributed by atoms with Gasteiger partial charge in [0.05, 0.1) is 0 Å². The third kappa shape index (κ3) is 4.91. The highest BCUT2D eigenvalue weighted by Crippen LogP contribution is 2.11. The van der Waals surface area contributed by atoms with Crippen LogP contribution in [0.2, 0.25) is 0 Å². The molecule has 128 valence electrons. The molecular formula is C21H29N3. The highest BCUT2D eigenvalue weighted by Gasteiger charge is 2.13. The van der Waals surface area contributed by atoms with Crippen molar-refractivity contribution in [2.45, 2.75) is 26.6 Å². The largest absolute Gasteiger partial charge is 0.309 e. The summed E-state index contributed by atoms with van der Waals surface area (Å²) in [5.74, 6) is 0. The zero-order chi connectivity index (χ0) is 16.8. The van der Waals surface area contributed by atoms with E-state index in [1.807, 2.05) is 0 Å². The minimum absolute atomic E-state index is 0.920. The van der Waals surface area contributed by atoms with Crippen LogP contribution in [0, 0.1) is 6.92 Å². The van der Waals surface area contributed by atoms with Gasteiger partial charge in [-0.25, -0.2) is 0 Å². The van der Waals surface area contributed by atoms with Crippen LogP contribution in [0.5, 0.6) is 0 Å². The number of aryl methyl sites for hydroxylation is 1. The summed E-state index contributed by atoms with van der Waals surface area (Å²) in [4.78, 5) is 4.95. The Morgan fingerprint density at radius 3 is 2.21 bits per heavy atom. The van der Waals surface area contributed by atoms with E-state index >= 15 is 0 Å². The minimum Gasteiger partial charge on any atom is -0.309 e. The second-order valence-corrected chi connectivity index (χ2v) is 6.93. The lowest BCUT2D eigenvalue weighted by Crippen LogP contribution is -2.43. The van der Waals surface area contributed by atoms with E-state index in [0.717, 1.165) is 19.6 Å². The second-order valence-electron chi connectivity index (χ2n) is 6.93. The third-order valence-electron chi connectivity index (χ3n) is 4.93. The van der Waals surface area contributed by atoms with Gasteiger partial charge in [-0.3, -0.25) is 4.90 Å². The molecule has 24 heavy (non-hydrogen) atoms. The fraction of sp³-hybridized carbons (Fsp3) is 0.429. The molecule has 0 aromatic heterocycles. The lowest BCUT2D eigenvalue weighted by molar-refractivity contribution is 0.148. The topological polar surface area (TPSA) is 18.5 Å². The van der Waals surface area contributed by atoms with Crippen molar-refractivity contribution >= 4 is 0 Å². The summed E-state index contributed by atoms with van der Waals surface area (Å²) >= 11 is 0. The van der Waals surface area contributed by atoms with Crippen LogP contribution in [0.15, 0.2) is 48.5 Å². The van der Waals surface area contributed by atoms with Gasteiger partial charge in [-0.2, -0.15) is 0 Å². The quantitative estimate of drug-likeness (QED) is 0.881. The van der Waals surface area contributed by atoms with E-state index < -0.39 is 0 Å². The maximum Gasteiger partial charge on any atom is 0.0234 e. The molecule has 3 rings (SSSR count).